The zero-order chi connectivity index (χ0) is 22.8. The predicted molar refractivity (Wildman–Crippen MR) is 119 cm³/mol. The molecule has 162 valence electrons. The number of rotatable bonds is 6. The first-order valence-corrected chi connectivity index (χ1v) is 10.1. The summed E-state index contributed by atoms with van der Waals surface area (Å²) < 4.78 is 10.8. The van der Waals surface area contributed by atoms with E-state index in [-0.39, 0.29) is 17.2 Å². The molecule has 0 radical (unpaired) electrons. The fourth-order valence-electron chi connectivity index (χ4n) is 3.65. The van der Waals surface area contributed by atoms with E-state index in [9.17, 15) is 14.7 Å². The molecule has 1 saturated heterocycles. The van der Waals surface area contributed by atoms with Gasteiger partial charge in [-0.1, -0.05) is 59.8 Å². The van der Waals surface area contributed by atoms with Crippen molar-refractivity contribution in [3.8, 4) is 5.75 Å². The Labute approximate surface area is 185 Å². The van der Waals surface area contributed by atoms with E-state index in [0.717, 1.165) is 5.56 Å². The Bertz CT molecular complexity index is 1220. The van der Waals surface area contributed by atoms with Gasteiger partial charge in [0.2, 0.25) is 0 Å². The molecule has 2 heterocycles. The average Bonchev–Trinajstić information content (AvgIpc) is 3.33. The molecule has 7 nitrogen and oxygen atoms in total. The molecular weight excluding hydrogens is 408 g/mol. The number of benzene rings is 2. The van der Waals surface area contributed by atoms with Gasteiger partial charge in [-0.3, -0.25) is 14.5 Å². The van der Waals surface area contributed by atoms with Crippen molar-refractivity contribution in [3.63, 3.8) is 0 Å². The van der Waals surface area contributed by atoms with E-state index in [4.69, 9.17) is 9.26 Å². The van der Waals surface area contributed by atoms with Gasteiger partial charge >= 0.3 is 5.91 Å². The second-order valence-corrected chi connectivity index (χ2v) is 7.50. The van der Waals surface area contributed by atoms with E-state index in [1.165, 1.54) is 4.90 Å². The largest absolute Gasteiger partial charge is 0.507 e. The second-order valence-electron chi connectivity index (χ2n) is 7.50. The number of Topliss-reactive ketones (excluding diaryl/α,β-unsaturated/α-hetero) is 1. The summed E-state index contributed by atoms with van der Waals surface area (Å²) in [7, 11) is 0. The highest BCUT2D eigenvalue weighted by atomic mass is 16.5. The Kier molecular flexibility index (Phi) is 5.64. The summed E-state index contributed by atoms with van der Waals surface area (Å²) >= 11 is 0. The molecule has 7 heteroatoms. The number of carbonyl (C=O) groups is 2. The van der Waals surface area contributed by atoms with Crippen molar-refractivity contribution in [2.75, 3.05) is 11.5 Å². The van der Waals surface area contributed by atoms with Crippen LogP contribution in [0, 0.1) is 13.8 Å². The van der Waals surface area contributed by atoms with Crippen molar-refractivity contribution >= 4 is 23.3 Å². The maximum atomic E-state index is 13.1. The number of aromatic nitrogens is 1. The smallest absolute Gasteiger partial charge is 0.301 e. The molecule has 4 rings (SSSR count). The molecule has 0 aliphatic carbocycles. The highest BCUT2D eigenvalue weighted by Crippen LogP contribution is 2.42. The number of aliphatic hydroxyl groups excluding tert-OH is 1. The first kappa shape index (κ1) is 21.1. The molecule has 1 unspecified atom stereocenters. The third-order valence-corrected chi connectivity index (χ3v) is 5.17. The van der Waals surface area contributed by atoms with Gasteiger partial charge in [0.25, 0.3) is 5.78 Å². The summed E-state index contributed by atoms with van der Waals surface area (Å²) in [6, 6.07) is 14.7. The van der Waals surface area contributed by atoms with Gasteiger partial charge in [-0.2, -0.15) is 0 Å². The van der Waals surface area contributed by atoms with Crippen molar-refractivity contribution in [2.24, 2.45) is 0 Å². The number of aliphatic hydroxyl groups is 1. The molecule has 1 aliphatic rings. The lowest BCUT2D eigenvalue weighted by atomic mass is 9.95. The van der Waals surface area contributed by atoms with E-state index in [2.05, 4.69) is 11.7 Å². The van der Waals surface area contributed by atoms with Crippen LogP contribution in [0.1, 0.15) is 28.5 Å². The molecule has 32 heavy (non-hydrogen) atoms. The molecule has 0 spiro atoms. The van der Waals surface area contributed by atoms with Crippen LogP contribution in [0.3, 0.4) is 0 Å². The lowest BCUT2D eigenvalue weighted by molar-refractivity contribution is -0.132. The van der Waals surface area contributed by atoms with E-state index in [1.54, 1.807) is 55.5 Å². The van der Waals surface area contributed by atoms with Gasteiger partial charge in [0, 0.05) is 11.6 Å². The zero-order valence-corrected chi connectivity index (χ0v) is 17.7. The first-order chi connectivity index (χ1) is 15.4. The van der Waals surface area contributed by atoms with Crippen LogP contribution in [0.25, 0.3) is 5.76 Å². The maximum Gasteiger partial charge on any atom is 0.301 e. The Morgan fingerprint density at radius 1 is 1.19 bits per heavy atom. The van der Waals surface area contributed by atoms with Gasteiger partial charge in [0.15, 0.2) is 5.82 Å². The molecule has 2 aromatic carbocycles. The number of hydrogen-bond donors (Lipinski definition) is 1. The minimum absolute atomic E-state index is 0.0274. The van der Waals surface area contributed by atoms with Crippen molar-refractivity contribution < 1.29 is 24.0 Å². The van der Waals surface area contributed by atoms with Crippen LogP contribution in [-0.2, 0) is 9.59 Å². The van der Waals surface area contributed by atoms with Crippen molar-refractivity contribution in [2.45, 2.75) is 19.9 Å². The fraction of sp³-hybridized carbons (Fsp3) is 0.160. The van der Waals surface area contributed by atoms with Gasteiger partial charge < -0.3 is 14.4 Å². The van der Waals surface area contributed by atoms with Crippen molar-refractivity contribution in [3.05, 3.63) is 95.3 Å². The lowest BCUT2D eigenvalue weighted by Crippen LogP contribution is -2.29. The minimum Gasteiger partial charge on any atom is -0.507 e. The van der Waals surface area contributed by atoms with Gasteiger partial charge in [0.1, 0.15) is 23.9 Å². The summed E-state index contributed by atoms with van der Waals surface area (Å²) in [5.41, 5.74) is 2.00. The van der Waals surface area contributed by atoms with Crippen molar-refractivity contribution in [1.29, 1.82) is 0 Å². The number of amides is 1. The van der Waals surface area contributed by atoms with Crippen LogP contribution < -0.4 is 9.64 Å². The quantitative estimate of drug-likeness (QED) is 0.268. The lowest BCUT2D eigenvalue weighted by Gasteiger charge is -2.23. The molecule has 1 amide bonds. The van der Waals surface area contributed by atoms with Crippen molar-refractivity contribution in [1.82, 2.24) is 5.16 Å². The topological polar surface area (TPSA) is 92.9 Å². The SMILES string of the molecule is C=CCOc1cccc(C2/C(=C(/O)c3ccc(C)cc3)C(=O)C(=O)N2c2cc(C)on2)c1. The number of ketones is 1. The van der Waals surface area contributed by atoms with Crippen LogP contribution in [-0.4, -0.2) is 28.6 Å². The van der Waals surface area contributed by atoms with Crippen LogP contribution in [0.15, 0.2) is 77.3 Å². The summed E-state index contributed by atoms with van der Waals surface area (Å²) in [6.45, 7) is 7.56. The van der Waals surface area contributed by atoms with E-state index < -0.39 is 17.7 Å². The Hall–Kier alpha value is -4.13. The molecule has 0 saturated carbocycles. The van der Waals surface area contributed by atoms with E-state index in [1.807, 2.05) is 19.1 Å². The molecule has 1 aliphatic heterocycles. The maximum absolute atomic E-state index is 13.1. The van der Waals surface area contributed by atoms with Gasteiger partial charge in [-0.25, -0.2) is 0 Å². The molecule has 3 aromatic rings. The van der Waals surface area contributed by atoms with Gasteiger partial charge in [-0.15, -0.1) is 0 Å². The fourth-order valence-corrected chi connectivity index (χ4v) is 3.65. The predicted octanol–water partition coefficient (Wildman–Crippen LogP) is 4.48. The van der Waals surface area contributed by atoms with Crippen LogP contribution in [0.5, 0.6) is 5.75 Å². The Morgan fingerprint density at radius 3 is 2.59 bits per heavy atom. The number of aryl methyl sites for hydroxylation is 2. The number of nitrogens with zero attached hydrogens (tertiary/aromatic N) is 2. The summed E-state index contributed by atoms with van der Waals surface area (Å²) in [5, 5.41) is 15.0. The minimum atomic E-state index is -0.909. The third-order valence-electron chi connectivity index (χ3n) is 5.17. The highest BCUT2D eigenvalue weighted by Gasteiger charge is 2.48. The Morgan fingerprint density at radius 2 is 1.94 bits per heavy atom. The standard InChI is InChI=1S/C25H22N2O5/c1-4-12-31-19-7-5-6-18(14-19)22-21(23(28)17-10-8-15(2)9-11-17)24(29)25(30)27(22)20-13-16(3)32-26-20/h4-11,13-14,22,28H,1,12H2,2-3H3/b23-21-. The molecule has 1 N–H and O–H groups in total. The van der Waals surface area contributed by atoms with Gasteiger partial charge in [0.05, 0.1) is 11.6 Å². The molecule has 1 fully saturated rings. The summed E-state index contributed by atoms with van der Waals surface area (Å²) in [4.78, 5) is 27.4. The summed E-state index contributed by atoms with van der Waals surface area (Å²) in [5.74, 6) is -0.633. The van der Waals surface area contributed by atoms with Crippen LogP contribution in [0.4, 0.5) is 5.82 Å². The number of anilines is 1. The zero-order valence-electron chi connectivity index (χ0n) is 17.7. The monoisotopic (exact) mass is 430 g/mol. The van der Waals surface area contributed by atoms with Gasteiger partial charge in [-0.05, 0) is 31.5 Å². The second kappa shape index (κ2) is 8.55. The highest BCUT2D eigenvalue weighted by molar-refractivity contribution is 6.51. The van der Waals surface area contributed by atoms with Crippen LogP contribution >= 0.6 is 0 Å². The number of carbonyl (C=O) groups excluding carboxylic acids is 2. The first-order valence-electron chi connectivity index (χ1n) is 10.1. The summed E-state index contributed by atoms with van der Waals surface area (Å²) in [6.07, 6.45) is 1.62. The molecular formula is C25H22N2O5. The van der Waals surface area contributed by atoms with E-state index >= 15 is 0 Å². The molecule has 0 bridgehead atoms. The third kappa shape index (κ3) is 3.80. The van der Waals surface area contributed by atoms with Crippen LogP contribution in [0.2, 0.25) is 0 Å². The average molecular weight is 430 g/mol. The number of hydrogen-bond acceptors (Lipinski definition) is 6. The normalized spacial score (nSPS) is 17.6. The van der Waals surface area contributed by atoms with E-state index in [0.29, 0.717) is 29.2 Å². The number of ether oxygens (including phenoxy) is 1. The molecule has 1 aromatic heterocycles. The Balaban J connectivity index is 1.90. The molecule has 1 atom stereocenters.